The molecule has 5 heteroatoms. The van der Waals surface area contributed by atoms with Gasteiger partial charge in [0.05, 0.1) is 15.6 Å². The molecule has 1 atom stereocenters. The number of aromatic nitrogens is 1. The van der Waals surface area contributed by atoms with Gasteiger partial charge in [-0.25, -0.2) is 0 Å². The summed E-state index contributed by atoms with van der Waals surface area (Å²) >= 11 is 1.72. The number of hydrogen-bond acceptors (Lipinski definition) is 4. The highest BCUT2D eigenvalue weighted by Gasteiger charge is 2.41. The molecule has 0 unspecified atom stereocenters. The van der Waals surface area contributed by atoms with Crippen LogP contribution in [-0.4, -0.2) is 36.4 Å². The zero-order valence-electron chi connectivity index (χ0n) is 14.1. The van der Waals surface area contributed by atoms with Crippen molar-refractivity contribution in [3.8, 4) is 0 Å². The van der Waals surface area contributed by atoms with Crippen molar-refractivity contribution in [3.05, 3.63) is 29.3 Å². The molecule has 124 valence electrons. The number of hydrogen-bond donors (Lipinski definition) is 1. The van der Waals surface area contributed by atoms with Crippen LogP contribution in [0.5, 0.6) is 0 Å². The second-order valence-electron chi connectivity index (χ2n) is 6.86. The molecule has 1 amide bonds. The van der Waals surface area contributed by atoms with E-state index in [1.807, 2.05) is 26.4 Å². The van der Waals surface area contributed by atoms with E-state index in [4.69, 9.17) is 0 Å². The van der Waals surface area contributed by atoms with E-state index < -0.39 is 0 Å². The molecule has 0 aliphatic heterocycles. The van der Waals surface area contributed by atoms with Crippen molar-refractivity contribution in [2.24, 2.45) is 5.41 Å². The molecular formula is C18H25N3OS. The Kier molecular flexibility index (Phi) is 4.69. The molecule has 23 heavy (non-hydrogen) atoms. The number of nitrogens with zero attached hydrogens (tertiary/aromatic N) is 2. The maximum atomic E-state index is 12.6. The van der Waals surface area contributed by atoms with Crippen LogP contribution in [0.1, 0.15) is 44.2 Å². The summed E-state index contributed by atoms with van der Waals surface area (Å²) < 4.78 is 1.22. The van der Waals surface area contributed by atoms with E-state index in [2.05, 4.69) is 28.7 Å². The first-order valence-electron chi connectivity index (χ1n) is 8.30. The van der Waals surface area contributed by atoms with Crippen LogP contribution in [0.2, 0.25) is 0 Å². The summed E-state index contributed by atoms with van der Waals surface area (Å²) in [5.74, 6) is 0.265. The molecule has 3 rings (SSSR count). The first-order valence-corrected chi connectivity index (χ1v) is 9.18. The second-order valence-corrected chi connectivity index (χ2v) is 7.81. The first kappa shape index (κ1) is 16.4. The molecule has 1 aliphatic rings. The summed E-state index contributed by atoms with van der Waals surface area (Å²) in [6.45, 7) is 2.90. The Bertz CT molecular complexity index is 688. The molecule has 1 N–H and O–H groups in total. The molecule has 1 aliphatic carbocycles. The van der Waals surface area contributed by atoms with Gasteiger partial charge in [0.25, 0.3) is 0 Å². The number of thiophene rings is 1. The van der Waals surface area contributed by atoms with Gasteiger partial charge in [0, 0.05) is 32.9 Å². The molecule has 0 radical (unpaired) electrons. The normalized spacial score (nSPS) is 18.2. The van der Waals surface area contributed by atoms with Crippen molar-refractivity contribution >= 4 is 27.5 Å². The Balaban J connectivity index is 1.71. The van der Waals surface area contributed by atoms with Crippen LogP contribution in [0.4, 0.5) is 0 Å². The van der Waals surface area contributed by atoms with E-state index in [-0.39, 0.29) is 17.4 Å². The fourth-order valence-corrected chi connectivity index (χ4v) is 4.35. The summed E-state index contributed by atoms with van der Waals surface area (Å²) in [5, 5.41) is 5.66. The quantitative estimate of drug-likeness (QED) is 0.910. The fourth-order valence-electron chi connectivity index (χ4n) is 3.56. The number of fused-ring (bicyclic) bond motifs is 1. The van der Waals surface area contributed by atoms with Crippen molar-refractivity contribution < 1.29 is 4.79 Å². The molecular weight excluding hydrogens is 306 g/mol. The second kappa shape index (κ2) is 6.57. The van der Waals surface area contributed by atoms with Gasteiger partial charge in [-0.15, -0.1) is 11.3 Å². The highest BCUT2D eigenvalue weighted by molar-refractivity contribution is 7.17. The third-order valence-electron chi connectivity index (χ3n) is 4.99. The minimum atomic E-state index is -0.224. The van der Waals surface area contributed by atoms with E-state index >= 15 is 0 Å². The zero-order chi connectivity index (χ0) is 16.4. The standard InChI is InChI=1S/C18H25N3OS/c1-13(14-10-16-15(19-11-14)6-9-23-16)20-12-18(7-4-5-8-18)17(22)21(2)3/h6,9-11,13,20H,4-5,7-8,12H2,1-3H3/t13-/m0/s1. The summed E-state index contributed by atoms with van der Waals surface area (Å²) in [7, 11) is 3.72. The number of pyridine rings is 1. The molecule has 0 saturated heterocycles. The van der Waals surface area contributed by atoms with Gasteiger partial charge in [0.1, 0.15) is 0 Å². The van der Waals surface area contributed by atoms with Crippen molar-refractivity contribution in [1.29, 1.82) is 0 Å². The number of amides is 1. The highest BCUT2D eigenvalue weighted by atomic mass is 32.1. The van der Waals surface area contributed by atoms with Gasteiger partial charge in [-0.3, -0.25) is 9.78 Å². The number of carbonyl (C=O) groups excluding carboxylic acids is 1. The van der Waals surface area contributed by atoms with Gasteiger partial charge in [-0.05, 0) is 42.8 Å². The maximum Gasteiger partial charge on any atom is 0.229 e. The first-order chi connectivity index (χ1) is 11.0. The van der Waals surface area contributed by atoms with Gasteiger partial charge in [0.2, 0.25) is 5.91 Å². The summed E-state index contributed by atoms with van der Waals surface area (Å²) in [6.07, 6.45) is 6.23. The molecule has 4 nitrogen and oxygen atoms in total. The monoisotopic (exact) mass is 331 g/mol. The summed E-state index contributed by atoms with van der Waals surface area (Å²) in [5.41, 5.74) is 2.02. The van der Waals surface area contributed by atoms with E-state index in [1.165, 1.54) is 10.3 Å². The molecule has 0 spiro atoms. The van der Waals surface area contributed by atoms with Crippen LogP contribution in [0.3, 0.4) is 0 Å². The van der Waals surface area contributed by atoms with Crippen LogP contribution in [0.15, 0.2) is 23.7 Å². The number of nitrogens with one attached hydrogen (secondary N) is 1. The topological polar surface area (TPSA) is 45.2 Å². The average molecular weight is 331 g/mol. The average Bonchev–Trinajstić information content (AvgIpc) is 3.20. The van der Waals surface area contributed by atoms with E-state index in [0.717, 1.165) is 37.7 Å². The number of carbonyl (C=O) groups is 1. The van der Waals surface area contributed by atoms with Crippen LogP contribution >= 0.6 is 11.3 Å². The highest BCUT2D eigenvalue weighted by Crippen LogP contribution is 2.39. The Labute approximate surface area is 141 Å². The smallest absolute Gasteiger partial charge is 0.229 e. The van der Waals surface area contributed by atoms with Crippen LogP contribution in [0.25, 0.3) is 10.2 Å². The molecule has 0 aromatic carbocycles. The van der Waals surface area contributed by atoms with Gasteiger partial charge < -0.3 is 10.2 Å². The van der Waals surface area contributed by atoms with Gasteiger partial charge in [0.15, 0.2) is 0 Å². The Morgan fingerprint density at radius 2 is 2.17 bits per heavy atom. The maximum absolute atomic E-state index is 12.6. The largest absolute Gasteiger partial charge is 0.348 e. The van der Waals surface area contributed by atoms with E-state index in [1.54, 1.807) is 16.2 Å². The lowest BCUT2D eigenvalue weighted by molar-refractivity contribution is -0.139. The minimum Gasteiger partial charge on any atom is -0.348 e. The molecule has 0 bridgehead atoms. The van der Waals surface area contributed by atoms with Gasteiger partial charge >= 0.3 is 0 Å². The molecule has 1 fully saturated rings. The van der Waals surface area contributed by atoms with E-state index in [0.29, 0.717) is 0 Å². The predicted molar refractivity (Wildman–Crippen MR) is 95.6 cm³/mol. The van der Waals surface area contributed by atoms with Gasteiger partial charge in [-0.2, -0.15) is 0 Å². The fraction of sp³-hybridized carbons (Fsp3) is 0.556. The zero-order valence-corrected chi connectivity index (χ0v) is 14.9. The molecule has 2 heterocycles. The summed E-state index contributed by atoms with van der Waals surface area (Å²) in [4.78, 5) is 18.9. The lowest BCUT2D eigenvalue weighted by atomic mass is 9.84. The van der Waals surface area contributed by atoms with Crippen molar-refractivity contribution in [2.45, 2.75) is 38.6 Å². The third kappa shape index (κ3) is 3.26. The van der Waals surface area contributed by atoms with Crippen LogP contribution in [-0.2, 0) is 4.79 Å². The van der Waals surface area contributed by atoms with Crippen molar-refractivity contribution in [1.82, 2.24) is 15.2 Å². The van der Waals surface area contributed by atoms with Crippen molar-refractivity contribution in [3.63, 3.8) is 0 Å². The van der Waals surface area contributed by atoms with Gasteiger partial charge in [-0.1, -0.05) is 12.8 Å². The summed E-state index contributed by atoms with van der Waals surface area (Å²) in [6, 6.07) is 4.45. The molecule has 2 aromatic rings. The predicted octanol–water partition coefficient (Wildman–Crippen LogP) is 3.60. The molecule has 2 aromatic heterocycles. The van der Waals surface area contributed by atoms with Crippen LogP contribution < -0.4 is 5.32 Å². The Morgan fingerprint density at radius 3 is 2.87 bits per heavy atom. The van der Waals surface area contributed by atoms with Crippen LogP contribution in [0, 0.1) is 5.41 Å². The minimum absolute atomic E-state index is 0.196. The van der Waals surface area contributed by atoms with Crippen molar-refractivity contribution in [2.75, 3.05) is 20.6 Å². The SMILES string of the molecule is C[C@H](NCC1(C(=O)N(C)C)CCCC1)c1cnc2ccsc2c1. The lowest BCUT2D eigenvalue weighted by Crippen LogP contribution is -2.45. The van der Waals surface area contributed by atoms with E-state index in [9.17, 15) is 4.79 Å². The lowest BCUT2D eigenvalue weighted by Gasteiger charge is -2.32. The Morgan fingerprint density at radius 1 is 1.43 bits per heavy atom. The Hall–Kier alpha value is -1.46. The molecule has 1 saturated carbocycles. The third-order valence-corrected chi connectivity index (χ3v) is 5.84. The number of rotatable bonds is 5.